The molecule has 0 spiro atoms. The van der Waals surface area contributed by atoms with Crippen molar-refractivity contribution in [3.05, 3.63) is 30.2 Å². The number of nitrogens with zero attached hydrogens (tertiary/aromatic N) is 1. The molecule has 2 aromatic rings. The van der Waals surface area contributed by atoms with Gasteiger partial charge < -0.3 is 13.9 Å². The van der Waals surface area contributed by atoms with Crippen LogP contribution in [0.15, 0.2) is 28.9 Å². The molecule has 1 aliphatic carbocycles. The summed E-state index contributed by atoms with van der Waals surface area (Å²) in [5.74, 6) is 1.27. The summed E-state index contributed by atoms with van der Waals surface area (Å²) in [4.78, 5) is 4.19. The van der Waals surface area contributed by atoms with E-state index in [4.69, 9.17) is 25.5 Å². The Bertz CT molecular complexity index is 698. The molecule has 0 aliphatic heterocycles. The Morgan fingerprint density at radius 2 is 2.00 bits per heavy atom. The van der Waals surface area contributed by atoms with Gasteiger partial charge in [0.05, 0.1) is 18.2 Å². The predicted molar refractivity (Wildman–Crippen MR) is 81.3 cm³/mol. The first kappa shape index (κ1) is 17.0. The third-order valence-electron chi connectivity index (χ3n) is 3.44. The van der Waals surface area contributed by atoms with Crippen LogP contribution in [0.1, 0.15) is 18.5 Å². The highest BCUT2D eigenvalue weighted by Gasteiger charge is 2.29. The standard InChI is InChI=1S/C16H15ClF3NO3/c17-6-12-8-23-15(21-12)11-3-4-13(24-9-16(18,19)20)14(5-11)22-7-10-1-2-10/h3-5,8,10H,1-2,6-7,9H2. The maximum atomic E-state index is 12.4. The molecule has 1 fully saturated rings. The van der Waals surface area contributed by atoms with E-state index < -0.39 is 12.8 Å². The largest absolute Gasteiger partial charge is 0.489 e. The monoisotopic (exact) mass is 361 g/mol. The number of benzene rings is 1. The summed E-state index contributed by atoms with van der Waals surface area (Å²) in [6, 6.07) is 4.56. The molecule has 8 heteroatoms. The fraction of sp³-hybridized carbons (Fsp3) is 0.438. The average Bonchev–Trinajstić information content (AvgIpc) is 3.25. The van der Waals surface area contributed by atoms with E-state index in [0.717, 1.165) is 12.8 Å². The Kier molecular flexibility index (Phi) is 4.89. The molecular formula is C16H15ClF3NO3. The molecule has 0 atom stereocenters. The highest BCUT2D eigenvalue weighted by atomic mass is 35.5. The molecule has 130 valence electrons. The fourth-order valence-electron chi connectivity index (χ4n) is 2.03. The second-order valence-electron chi connectivity index (χ2n) is 5.60. The molecule has 0 amide bonds. The summed E-state index contributed by atoms with van der Waals surface area (Å²) >= 11 is 5.69. The molecule has 1 heterocycles. The minimum atomic E-state index is -4.41. The van der Waals surface area contributed by atoms with Gasteiger partial charge in [-0.2, -0.15) is 13.2 Å². The van der Waals surface area contributed by atoms with Crippen molar-refractivity contribution in [2.24, 2.45) is 5.92 Å². The molecule has 0 radical (unpaired) electrons. The van der Waals surface area contributed by atoms with Crippen LogP contribution in [0.5, 0.6) is 11.5 Å². The van der Waals surface area contributed by atoms with Crippen molar-refractivity contribution in [3.8, 4) is 23.0 Å². The summed E-state index contributed by atoms with van der Waals surface area (Å²) in [6.45, 7) is -0.925. The second-order valence-corrected chi connectivity index (χ2v) is 5.86. The van der Waals surface area contributed by atoms with E-state index >= 15 is 0 Å². The van der Waals surface area contributed by atoms with Crippen LogP contribution < -0.4 is 9.47 Å². The average molecular weight is 362 g/mol. The van der Waals surface area contributed by atoms with Gasteiger partial charge in [0.2, 0.25) is 5.89 Å². The Labute approximate surface area is 141 Å². The van der Waals surface area contributed by atoms with E-state index in [2.05, 4.69) is 4.98 Å². The number of hydrogen-bond acceptors (Lipinski definition) is 4. The topological polar surface area (TPSA) is 44.5 Å². The van der Waals surface area contributed by atoms with Crippen LogP contribution in [-0.2, 0) is 5.88 Å². The van der Waals surface area contributed by atoms with Crippen LogP contribution in [0.2, 0.25) is 0 Å². The third kappa shape index (κ3) is 4.56. The van der Waals surface area contributed by atoms with Gasteiger partial charge in [-0.1, -0.05) is 0 Å². The summed E-state index contributed by atoms with van der Waals surface area (Å²) in [6.07, 6.45) is -0.847. The van der Waals surface area contributed by atoms with Gasteiger partial charge in [-0.15, -0.1) is 11.6 Å². The van der Waals surface area contributed by atoms with Crippen LogP contribution in [0, 0.1) is 5.92 Å². The van der Waals surface area contributed by atoms with Crippen LogP contribution in [-0.4, -0.2) is 24.4 Å². The molecule has 1 aliphatic rings. The Morgan fingerprint density at radius 3 is 2.62 bits per heavy atom. The molecule has 0 N–H and O–H groups in total. The minimum absolute atomic E-state index is 0.0425. The van der Waals surface area contributed by atoms with E-state index in [9.17, 15) is 13.2 Å². The van der Waals surface area contributed by atoms with Gasteiger partial charge in [0.15, 0.2) is 18.1 Å². The van der Waals surface area contributed by atoms with E-state index in [1.54, 1.807) is 12.1 Å². The molecule has 1 aromatic carbocycles. The van der Waals surface area contributed by atoms with E-state index in [1.165, 1.54) is 12.3 Å². The Morgan fingerprint density at radius 1 is 1.21 bits per heavy atom. The minimum Gasteiger partial charge on any atom is -0.489 e. The summed E-state index contributed by atoms with van der Waals surface area (Å²) in [7, 11) is 0. The smallest absolute Gasteiger partial charge is 0.422 e. The summed E-state index contributed by atoms with van der Waals surface area (Å²) in [5, 5.41) is 0. The maximum Gasteiger partial charge on any atom is 0.422 e. The van der Waals surface area contributed by atoms with Crippen molar-refractivity contribution in [2.75, 3.05) is 13.2 Å². The molecular weight excluding hydrogens is 347 g/mol. The molecule has 3 rings (SSSR count). The van der Waals surface area contributed by atoms with E-state index in [1.807, 2.05) is 0 Å². The molecule has 0 bridgehead atoms. The van der Waals surface area contributed by atoms with Crippen molar-refractivity contribution in [1.82, 2.24) is 4.98 Å². The van der Waals surface area contributed by atoms with Gasteiger partial charge in [0.25, 0.3) is 0 Å². The summed E-state index contributed by atoms with van der Waals surface area (Å²) < 4.78 is 52.9. The molecule has 1 saturated carbocycles. The van der Waals surface area contributed by atoms with Gasteiger partial charge in [0.1, 0.15) is 6.26 Å². The lowest BCUT2D eigenvalue weighted by Gasteiger charge is -2.14. The highest BCUT2D eigenvalue weighted by molar-refractivity contribution is 6.16. The van der Waals surface area contributed by atoms with E-state index in [-0.39, 0.29) is 17.4 Å². The van der Waals surface area contributed by atoms with Crippen molar-refractivity contribution in [3.63, 3.8) is 0 Å². The first-order valence-electron chi connectivity index (χ1n) is 7.42. The van der Waals surface area contributed by atoms with Crippen LogP contribution in [0.4, 0.5) is 13.2 Å². The first-order valence-corrected chi connectivity index (χ1v) is 7.95. The lowest BCUT2D eigenvalue weighted by molar-refractivity contribution is -0.153. The molecule has 0 saturated heterocycles. The number of halogens is 4. The van der Waals surface area contributed by atoms with Crippen LogP contribution >= 0.6 is 11.6 Å². The number of hydrogen-bond donors (Lipinski definition) is 0. The predicted octanol–water partition coefficient (Wildman–Crippen LogP) is 4.81. The first-order chi connectivity index (χ1) is 11.4. The maximum absolute atomic E-state index is 12.4. The van der Waals surface area contributed by atoms with Crippen molar-refractivity contribution < 1.29 is 27.1 Å². The van der Waals surface area contributed by atoms with Gasteiger partial charge in [-0.3, -0.25) is 0 Å². The van der Waals surface area contributed by atoms with E-state index in [0.29, 0.717) is 29.7 Å². The summed E-state index contributed by atoms with van der Waals surface area (Å²) in [5.41, 5.74) is 1.15. The number of oxazole rings is 1. The zero-order valence-electron chi connectivity index (χ0n) is 12.6. The lowest BCUT2D eigenvalue weighted by Crippen LogP contribution is -2.19. The third-order valence-corrected chi connectivity index (χ3v) is 3.72. The number of ether oxygens (including phenoxy) is 2. The van der Waals surface area contributed by atoms with Gasteiger partial charge in [-0.25, -0.2) is 4.98 Å². The zero-order chi connectivity index (χ0) is 17.2. The van der Waals surface area contributed by atoms with Crippen molar-refractivity contribution >= 4 is 11.6 Å². The van der Waals surface area contributed by atoms with Crippen molar-refractivity contribution in [1.29, 1.82) is 0 Å². The lowest BCUT2D eigenvalue weighted by atomic mass is 10.2. The Hall–Kier alpha value is -1.89. The molecule has 1 aromatic heterocycles. The van der Waals surface area contributed by atoms with Crippen LogP contribution in [0.25, 0.3) is 11.5 Å². The normalized spacial score (nSPS) is 14.7. The molecule has 24 heavy (non-hydrogen) atoms. The number of rotatable bonds is 7. The van der Waals surface area contributed by atoms with Gasteiger partial charge in [0, 0.05) is 5.56 Å². The zero-order valence-corrected chi connectivity index (χ0v) is 13.4. The fourth-order valence-corrected chi connectivity index (χ4v) is 2.15. The molecule has 4 nitrogen and oxygen atoms in total. The van der Waals surface area contributed by atoms with Gasteiger partial charge in [-0.05, 0) is 37.0 Å². The van der Waals surface area contributed by atoms with Crippen molar-refractivity contribution in [2.45, 2.75) is 24.9 Å². The molecule has 0 unspecified atom stereocenters. The second kappa shape index (κ2) is 6.93. The number of alkyl halides is 4. The van der Waals surface area contributed by atoms with Gasteiger partial charge >= 0.3 is 6.18 Å². The Balaban J connectivity index is 1.81. The highest BCUT2D eigenvalue weighted by Crippen LogP contribution is 2.36. The SMILES string of the molecule is FC(F)(F)COc1ccc(-c2nc(CCl)co2)cc1OCC1CC1. The van der Waals surface area contributed by atoms with Crippen LogP contribution in [0.3, 0.4) is 0 Å². The number of aromatic nitrogens is 1. The quantitative estimate of drug-likeness (QED) is 0.664.